The number of hydrogen-bond donors (Lipinski definition) is 3. The molecular weight excluding hydrogens is 494 g/mol. The summed E-state index contributed by atoms with van der Waals surface area (Å²) in [6.07, 6.45) is 6.16. The first kappa shape index (κ1) is 28.4. The zero-order chi connectivity index (χ0) is 28.2. The molecule has 3 N–H and O–H groups in total. The number of carbonyl (C=O) groups excluding carboxylic acids is 1. The molecule has 0 aliphatic rings. The quantitative estimate of drug-likeness (QED) is 0.111. The van der Waals surface area contributed by atoms with Gasteiger partial charge in [0.15, 0.2) is 5.84 Å². The maximum absolute atomic E-state index is 12.8. The Hall–Kier alpha value is -4.58. The molecule has 4 rings (SSSR count). The van der Waals surface area contributed by atoms with Crippen molar-refractivity contribution in [3.63, 3.8) is 0 Å². The van der Waals surface area contributed by atoms with E-state index in [1.54, 1.807) is 24.4 Å². The second-order valence-electron chi connectivity index (χ2n) is 9.74. The van der Waals surface area contributed by atoms with Gasteiger partial charge in [-0.1, -0.05) is 92.9 Å². The Morgan fingerprint density at radius 2 is 1.62 bits per heavy atom. The molecule has 1 heterocycles. The van der Waals surface area contributed by atoms with Gasteiger partial charge >= 0.3 is 0 Å². The summed E-state index contributed by atoms with van der Waals surface area (Å²) in [5.41, 5.74) is 6.03. The number of amides is 1. The van der Waals surface area contributed by atoms with Gasteiger partial charge in [-0.25, -0.2) is 4.99 Å². The van der Waals surface area contributed by atoms with Crippen molar-refractivity contribution in [3.8, 4) is 11.1 Å². The number of rotatable bonds is 11. The second kappa shape index (κ2) is 14.5. The predicted octanol–water partition coefficient (Wildman–Crippen LogP) is 6.93. The van der Waals surface area contributed by atoms with E-state index in [2.05, 4.69) is 53.7 Å². The van der Waals surface area contributed by atoms with Gasteiger partial charge in [0, 0.05) is 29.4 Å². The second-order valence-corrected chi connectivity index (χ2v) is 9.74. The van der Waals surface area contributed by atoms with Crippen molar-refractivity contribution in [1.82, 2.24) is 15.6 Å². The summed E-state index contributed by atoms with van der Waals surface area (Å²) in [5.74, 6) is 0.524. The van der Waals surface area contributed by atoms with E-state index in [-0.39, 0.29) is 11.7 Å². The lowest BCUT2D eigenvalue weighted by molar-refractivity contribution is 0.0953. The van der Waals surface area contributed by atoms with Crippen LogP contribution in [0, 0.1) is 12.3 Å². The van der Waals surface area contributed by atoms with Gasteiger partial charge in [-0.3, -0.25) is 15.2 Å². The molecule has 0 radical (unpaired) electrons. The monoisotopic (exact) mass is 531 g/mol. The number of aromatic nitrogens is 1. The van der Waals surface area contributed by atoms with Gasteiger partial charge in [0.2, 0.25) is 0 Å². The predicted molar refractivity (Wildman–Crippen MR) is 164 cm³/mol. The zero-order valence-electron chi connectivity index (χ0n) is 23.3. The van der Waals surface area contributed by atoms with E-state index in [1.807, 2.05) is 48.5 Å². The molecule has 0 bridgehead atoms. The summed E-state index contributed by atoms with van der Waals surface area (Å²) < 4.78 is 0. The van der Waals surface area contributed by atoms with Crippen molar-refractivity contribution in [3.05, 3.63) is 125 Å². The van der Waals surface area contributed by atoms with Crippen LogP contribution in [-0.2, 0) is 6.54 Å². The number of pyridine rings is 1. The van der Waals surface area contributed by atoms with Crippen LogP contribution in [0.4, 0.5) is 0 Å². The minimum atomic E-state index is -0.131. The fourth-order valence-corrected chi connectivity index (χ4v) is 4.54. The Balaban J connectivity index is 1.65. The molecule has 204 valence electrons. The molecule has 0 aliphatic heterocycles. The zero-order valence-corrected chi connectivity index (χ0v) is 23.3. The molecule has 0 unspecified atom stereocenters. The van der Waals surface area contributed by atoms with Gasteiger partial charge in [0.1, 0.15) is 5.84 Å². The Bertz CT molecular complexity index is 1450. The largest absolute Gasteiger partial charge is 0.364 e. The van der Waals surface area contributed by atoms with Crippen molar-refractivity contribution in [2.45, 2.75) is 46.1 Å². The summed E-state index contributed by atoms with van der Waals surface area (Å²) >= 11 is 0. The lowest BCUT2D eigenvalue weighted by Gasteiger charge is -2.17. The molecule has 6 nitrogen and oxygen atoms in total. The van der Waals surface area contributed by atoms with Gasteiger partial charge in [-0.15, -0.1) is 0 Å². The van der Waals surface area contributed by atoms with Gasteiger partial charge < -0.3 is 10.6 Å². The lowest BCUT2D eigenvalue weighted by atomic mass is 9.95. The van der Waals surface area contributed by atoms with E-state index >= 15 is 0 Å². The van der Waals surface area contributed by atoms with Gasteiger partial charge in [-0.05, 0) is 54.3 Å². The molecule has 1 aromatic heterocycles. The standard InChI is InChI=1S/C34H37N5O/c1-3-4-5-10-22-37-34(40)28-18-13-17-27(23-28)32(35)39-33(38-24-29-19-9-11-21-36-29)31-25(2)14-12-20-30(31)26-15-7-6-8-16-26/h6-9,11-21,23H,3-5,10,22,24H2,1-2H3,(H,37,40)(H2,35,38,39). The summed E-state index contributed by atoms with van der Waals surface area (Å²) in [7, 11) is 0. The highest BCUT2D eigenvalue weighted by Crippen LogP contribution is 2.27. The molecule has 40 heavy (non-hydrogen) atoms. The van der Waals surface area contributed by atoms with E-state index in [1.165, 1.54) is 6.42 Å². The molecule has 0 saturated carbocycles. The van der Waals surface area contributed by atoms with E-state index in [4.69, 9.17) is 10.4 Å². The van der Waals surface area contributed by atoms with Crippen molar-refractivity contribution < 1.29 is 4.79 Å². The van der Waals surface area contributed by atoms with Crippen LogP contribution >= 0.6 is 0 Å². The fraction of sp³-hybridized carbons (Fsp3) is 0.235. The van der Waals surface area contributed by atoms with Gasteiger partial charge in [0.05, 0.1) is 12.2 Å². The number of nitrogens with zero attached hydrogens (tertiary/aromatic N) is 2. The van der Waals surface area contributed by atoms with Crippen LogP contribution in [0.25, 0.3) is 11.1 Å². The Morgan fingerprint density at radius 3 is 2.40 bits per heavy atom. The molecule has 3 aromatic carbocycles. The topological polar surface area (TPSA) is 90.2 Å². The van der Waals surface area contributed by atoms with E-state index < -0.39 is 0 Å². The van der Waals surface area contributed by atoms with Crippen molar-refractivity contribution in [2.75, 3.05) is 6.54 Å². The summed E-state index contributed by atoms with van der Waals surface area (Å²) in [6.45, 7) is 5.32. The number of aryl methyl sites for hydroxylation is 1. The Labute approximate surface area is 237 Å². The van der Waals surface area contributed by atoms with Gasteiger partial charge in [0.25, 0.3) is 5.91 Å². The summed E-state index contributed by atoms with van der Waals surface area (Å²) in [4.78, 5) is 22.0. The third-order valence-electron chi connectivity index (χ3n) is 6.70. The third kappa shape index (κ3) is 7.73. The number of nitrogens with one attached hydrogen (secondary N) is 3. The molecule has 6 heteroatoms. The molecular formula is C34H37N5O. The third-order valence-corrected chi connectivity index (χ3v) is 6.70. The summed E-state index contributed by atoms with van der Waals surface area (Å²) in [6, 6.07) is 29.3. The van der Waals surface area contributed by atoms with Crippen LogP contribution in [0.15, 0.2) is 102 Å². The SMILES string of the molecule is CCCCCCNC(=O)c1cccc(C(=N)/N=C(/NCc2ccccn2)c2c(C)cccc2-c2ccccc2)c1. The van der Waals surface area contributed by atoms with E-state index in [0.29, 0.717) is 30.1 Å². The van der Waals surface area contributed by atoms with Crippen molar-refractivity contribution >= 4 is 17.6 Å². The molecule has 1 amide bonds. The molecule has 0 spiro atoms. The van der Waals surface area contributed by atoms with E-state index in [9.17, 15) is 4.79 Å². The van der Waals surface area contributed by atoms with Crippen LogP contribution in [-0.4, -0.2) is 29.1 Å². The number of aliphatic imine (C=N–C) groups is 1. The van der Waals surface area contributed by atoms with E-state index in [0.717, 1.165) is 47.2 Å². The average molecular weight is 532 g/mol. The number of amidine groups is 2. The molecule has 0 aliphatic carbocycles. The molecule has 0 saturated heterocycles. The van der Waals surface area contributed by atoms with Crippen LogP contribution in [0.1, 0.15) is 65.3 Å². The first-order chi connectivity index (χ1) is 19.6. The molecule has 0 atom stereocenters. The first-order valence-electron chi connectivity index (χ1n) is 13.9. The normalized spacial score (nSPS) is 11.2. The highest BCUT2D eigenvalue weighted by molar-refractivity contribution is 6.14. The van der Waals surface area contributed by atoms with Crippen molar-refractivity contribution in [1.29, 1.82) is 5.41 Å². The Morgan fingerprint density at radius 1 is 0.850 bits per heavy atom. The molecule has 0 fully saturated rings. The van der Waals surface area contributed by atoms with Crippen LogP contribution in [0.5, 0.6) is 0 Å². The minimum Gasteiger partial charge on any atom is -0.364 e. The number of hydrogen-bond acceptors (Lipinski definition) is 3. The maximum atomic E-state index is 12.8. The summed E-state index contributed by atoms with van der Waals surface area (Å²) in [5, 5.41) is 15.4. The first-order valence-corrected chi connectivity index (χ1v) is 13.9. The van der Waals surface area contributed by atoms with Gasteiger partial charge in [-0.2, -0.15) is 0 Å². The van der Waals surface area contributed by atoms with Crippen LogP contribution < -0.4 is 10.6 Å². The average Bonchev–Trinajstić information content (AvgIpc) is 3.00. The number of carbonyl (C=O) groups is 1. The highest BCUT2D eigenvalue weighted by atomic mass is 16.1. The number of unbranched alkanes of at least 4 members (excludes halogenated alkanes) is 3. The minimum absolute atomic E-state index is 0.0726. The smallest absolute Gasteiger partial charge is 0.251 e. The maximum Gasteiger partial charge on any atom is 0.251 e. The van der Waals surface area contributed by atoms with Crippen LogP contribution in [0.3, 0.4) is 0 Å². The van der Waals surface area contributed by atoms with Crippen molar-refractivity contribution in [2.24, 2.45) is 4.99 Å². The van der Waals surface area contributed by atoms with Crippen LogP contribution in [0.2, 0.25) is 0 Å². The fourth-order valence-electron chi connectivity index (χ4n) is 4.54. The number of benzene rings is 3. The lowest BCUT2D eigenvalue weighted by Crippen LogP contribution is -2.27. The highest BCUT2D eigenvalue weighted by Gasteiger charge is 2.16. The Kier molecular flexibility index (Phi) is 10.3. The molecule has 4 aromatic rings.